The summed E-state index contributed by atoms with van der Waals surface area (Å²) in [6.07, 6.45) is -3.43. The van der Waals surface area contributed by atoms with E-state index in [1.807, 2.05) is 43.3 Å². The van der Waals surface area contributed by atoms with Crippen LogP contribution in [-0.4, -0.2) is 145 Å². The van der Waals surface area contributed by atoms with Gasteiger partial charge in [-0.1, -0.05) is 29.8 Å². The van der Waals surface area contributed by atoms with Crippen molar-refractivity contribution in [1.29, 1.82) is 0 Å². The van der Waals surface area contributed by atoms with Crippen LogP contribution in [0.4, 0.5) is 34.1 Å². The number of benzene rings is 2. The molecule has 13 nitrogen and oxygen atoms in total. The van der Waals surface area contributed by atoms with Crippen molar-refractivity contribution in [2.24, 2.45) is 5.92 Å². The van der Waals surface area contributed by atoms with Gasteiger partial charge in [-0.15, -0.1) is 0 Å². The summed E-state index contributed by atoms with van der Waals surface area (Å²) in [5, 5.41) is 13.4. The van der Waals surface area contributed by atoms with Crippen LogP contribution in [0.25, 0.3) is 0 Å². The third kappa shape index (κ3) is 10.8. The Morgan fingerprint density at radius 1 is 1.00 bits per heavy atom. The summed E-state index contributed by atoms with van der Waals surface area (Å²) < 4.78 is 53.3. The highest BCUT2D eigenvalue weighted by Gasteiger charge is 2.39. The normalized spacial score (nSPS) is 21.5. The Labute approximate surface area is 337 Å². The fraction of sp³-hybridized carbons (Fsp3) is 0.625. The van der Waals surface area contributed by atoms with Crippen LogP contribution in [-0.2, 0) is 33.3 Å². The number of carbonyl (C=O) groups excluding carboxylic acids is 3. The smallest absolute Gasteiger partial charge is 0.418 e. The van der Waals surface area contributed by atoms with E-state index in [9.17, 15) is 32.7 Å². The minimum atomic E-state index is -4.79. The fourth-order valence-electron chi connectivity index (χ4n) is 8.47. The molecule has 4 heterocycles. The van der Waals surface area contributed by atoms with Crippen LogP contribution < -0.4 is 11.1 Å². The molecule has 2 aromatic rings. The molecule has 4 N–H and O–H groups in total. The van der Waals surface area contributed by atoms with E-state index in [2.05, 4.69) is 10.2 Å². The molecule has 3 saturated heterocycles. The molecular weight excluding hydrogens is 767 g/mol. The van der Waals surface area contributed by atoms with E-state index in [-0.39, 0.29) is 54.1 Å². The predicted molar refractivity (Wildman–Crippen MR) is 210 cm³/mol. The van der Waals surface area contributed by atoms with E-state index >= 15 is 0 Å². The number of nitrogens with zero attached hydrogens (tertiary/aromatic N) is 5. The number of likely N-dealkylation sites (N-methyl/N-ethyl adjacent to an activating group) is 1. The summed E-state index contributed by atoms with van der Waals surface area (Å²) in [7, 11) is 3.89. The van der Waals surface area contributed by atoms with Gasteiger partial charge < -0.3 is 45.2 Å². The minimum absolute atomic E-state index is 0.0265. The van der Waals surface area contributed by atoms with Crippen molar-refractivity contribution < 1.29 is 42.1 Å². The lowest BCUT2D eigenvalue weighted by molar-refractivity contribution is -0.151. The number of anilines is 2. The van der Waals surface area contributed by atoms with Crippen LogP contribution in [0.3, 0.4) is 0 Å². The second kappa shape index (κ2) is 18.8. The van der Waals surface area contributed by atoms with Gasteiger partial charge in [0.25, 0.3) is 5.91 Å². The molecule has 0 aliphatic carbocycles. The number of fused-ring (bicyclic) bond motifs is 1. The first-order valence-electron chi connectivity index (χ1n) is 19.9. The van der Waals surface area contributed by atoms with Gasteiger partial charge in [0.2, 0.25) is 0 Å². The monoisotopic (exact) mass is 821 g/mol. The number of amides is 4. The maximum atomic E-state index is 14.2. The molecule has 3 fully saturated rings. The number of likely N-dealkylation sites (tertiary alicyclic amines) is 3. The zero-order chi connectivity index (χ0) is 40.9. The Hall–Kier alpha value is -3.83. The van der Waals surface area contributed by atoms with Crippen molar-refractivity contribution in [1.82, 2.24) is 24.5 Å². The average molecular weight is 822 g/mol. The molecule has 0 saturated carbocycles. The van der Waals surface area contributed by atoms with Gasteiger partial charge in [-0.3, -0.25) is 9.69 Å². The van der Waals surface area contributed by atoms with Crippen LogP contribution in [0, 0.1) is 5.92 Å². The van der Waals surface area contributed by atoms with Crippen LogP contribution >= 0.6 is 11.6 Å². The molecule has 4 aliphatic heterocycles. The number of nitrogen functional groups attached to an aromatic ring is 1. The van der Waals surface area contributed by atoms with E-state index in [4.69, 9.17) is 26.8 Å². The number of urea groups is 1. The van der Waals surface area contributed by atoms with Gasteiger partial charge in [-0.2, -0.15) is 13.2 Å². The van der Waals surface area contributed by atoms with Crippen molar-refractivity contribution >= 4 is 41.0 Å². The van der Waals surface area contributed by atoms with Crippen molar-refractivity contribution in [2.45, 2.75) is 82.0 Å². The number of piperidine rings is 3. The average Bonchev–Trinajstić information content (AvgIpc) is 3.36. The molecule has 2 aromatic carbocycles. The lowest BCUT2D eigenvalue weighted by atomic mass is 9.93. The first kappa shape index (κ1) is 42.8. The first-order valence-corrected chi connectivity index (χ1v) is 20.3. The lowest BCUT2D eigenvalue weighted by Crippen LogP contribution is -2.54. The number of carbonyl (C=O) groups is 3. The fourth-order valence-corrected chi connectivity index (χ4v) is 8.71. The maximum absolute atomic E-state index is 14.2. The summed E-state index contributed by atoms with van der Waals surface area (Å²) in [4.78, 5) is 50.2. The molecule has 6 rings (SSSR count). The van der Waals surface area contributed by atoms with E-state index in [1.165, 1.54) is 11.0 Å². The van der Waals surface area contributed by atoms with E-state index < -0.39 is 41.8 Å². The Kier molecular flexibility index (Phi) is 14.1. The number of hydrogen-bond acceptors (Lipinski definition) is 9. The predicted octanol–water partition coefficient (Wildman–Crippen LogP) is 5.14. The number of alkyl halides is 3. The highest BCUT2D eigenvalue weighted by atomic mass is 35.5. The third-order valence-corrected chi connectivity index (χ3v) is 12.1. The number of ether oxygens (including phenoxy) is 2. The van der Waals surface area contributed by atoms with Gasteiger partial charge >= 0.3 is 18.3 Å². The number of hydrogen-bond donors (Lipinski definition) is 3. The van der Waals surface area contributed by atoms with Crippen molar-refractivity contribution in [3.05, 3.63) is 58.1 Å². The largest absolute Gasteiger partial charge is 0.436 e. The zero-order valence-corrected chi connectivity index (χ0v) is 33.4. The topological polar surface area (TPSA) is 144 Å². The lowest BCUT2D eigenvalue weighted by Gasteiger charge is -2.43. The molecule has 3 atom stereocenters. The molecule has 0 aromatic heterocycles. The summed E-state index contributed by atoms with van der Waals surface area (Å²) in [5.74, 6) is -0.526. The second-order valence-corrected chi connectivity index (χ2v) is 16.3. The summed E-state index contributed by atoms with van der Waals surface area (Å²) in [5.41, 5.74) is 5.83. The number of para-hydroxylation sites is 1. The van der Waals surface area contributed by atoms with Gasteiger partial charge in [0.1, 0.15) is 0 Å². The summed E-state index contributed by atoms with van der Waals surface area (Å²) >= 11 is 6.15. The van der Waals surface area contributed by atoms with Gasteiger partial charge in [0, 0.05) is 75.9 Å². The van der Waals surface area contributed by atoms with Crippen molar-refractivity contribution in [2.75, 3.05) is 84.1 Å². The second-order valence-electron chi connectivity index (χ2n) is 15.9. The van der Waals surface area contributed by atoms with Crippen LogP contribution in [0.15, 0.2) is 36.4 Å². The van der Waals surface area contributed by atoms with Crippen LogP contribution in [0.1, 0.15) is 55.2 Å². The number of aliphatic hydroxyl groups is 1. The molecular formula is C40H55ClF3N7O6. The molecule has 1 unspecified atom stereocenters. The third-order valence-electron chi connectivity index (χ3n) is 11.8. The molecule has 0 bridgehead atoms. The summed E-state index contributed by atoms with van der Waals surface area (Å²) in [6.45, 7) is 4.48. The van der Waals surface area contributed by atoms with Crippen LogP contribution in [0.2, 0.25) is 5.02 Å². The quantitative estimate of drug-likeness (QED) is 0.207. The van der Waals surface area contributed by atoms with Gasteiger partial charge in [-0.25, -0.2) is 9.59 Å². The number of rotatable bonds is 11. The van der Waals surface area contributed by atoms with Crippen molar-refractivity contribution in [3.8, 4) is 0 Å². The number of aliphatic hydroxyl groups excluding tert-OH is 1. The standard InChI is InChI=1S/C40H55ClF3N7O6/c1-47(2)20-21-56-37(53)28-7-5-14-50(25-28)29-10-15-48(16-11-29)36(52)34(24-26-22-31(40(42,43)44)35(45)32(41)23-26)57-39(55)49-17-12-30(13-18-49)51-19-9-27-6-3-4-8-33(27)46-38(51)54/h3-4,6,8,22-23,28-30,34,37,53H,5,7,9-21,24-25,45H2,1-2H3,(H,46,54)/t28-,34+,37?/m0/s1. The molecule has 314 valence electrons. The molecule has 4 amide bonds. The Bertz CT molecular complexity index is 1720. The number of nitrogens with one attached hydrogen (secondary N) is 1. The SMILES string of the molecule is CN(C)CCOC(O)[C@H]1CCCN(C2CCN(C(=O)[C@@H](Cc3cc(Cl)c(N)c(C(F)(F)F)c3)OC(=O)N3CCC(N4CCc5ccccc5NC4=O)CC3)CC2)C1. The Morgan fingerprint density at radius 3 is 2.39 bits per heavy atom. The molecule has 0 radical (unpaired) electrons. The molecule has 17 heteroatoms. The van der Waals surface area contributed by atoms with Crippen molar-refractivity contribution in [3.63, 3.8) is 0 Å². The zero-order valence-electron chi connectivity index (χ0n) is 32.7. The Morgan fingerprint density at radius 2 is 1.68 bits per heavy atom. The molecule has 4 aliphatic rings. The highest BCUT2D eigenvalue weighted by molar-refractivity contribution is 6.33. The van der Waals surface area contributed by atoms with Gasteiger partial charge in [-0.05, 0) is 94.9 Å². The van der Waals surface area contributed by atoms with Gasteiger partial charge in [0.05, 0.1) is 22.9 Å². The maximum Gasteiger partial charge on any atom is 0.418 e. The first-order chi connectivity index (χ1) is 27.2. The number of halogens is 4. The van der Waals surface area contributed by atoms with Crippen LogP contribution in [0.5, 0.6) is 0 Å². The van der Waals surface area contributed by atoms with E-state index in [0.717, 1.165) is 36.7 Å². The minimum Gasteiger partial charge on any atom is -0.436 e. The van der Waals surface area contributed by atoms with E-state index in [0.29, 0.717) is 71.4 Å². The summed E-state index contributed by atoms with van der Waals surface area (Å²) in [6, 6.07) is 9.64. The number of nitrogens with two attached hydrogens (primary N) is 1. The van der Waals surface area contributed by atoms with E-state index in [1.54, 1.807) is 9.80 Å². The molecule has 57 heavy (non-hydrogen) atoms. The Balaban J connectivity index is 1.09. The molecule has 0 spiro atoms. The highest BCUT2D eigenvalue weighted by Crippen LogP contribution is 2.38. The van der Waals surface area contributed by atoms with Gasteiger partial charge in [0.15, 0.2) is 12.4 Å².